The maximum Gasteiger partial charge on any atom is 0.237 e. The van der Waals surface area contributed by atoms with E-state index >= 15 is 0 Å². The van der Waals surface area contributed by atoms with E-state index in [1.165, 1.54) is 4.90 Å². The number of carbonyl (C=O) groups is 2. The van der Waals surface area contributed by atoms with E-state index in [1.54, 1.807) is 17.1 Å². The molecule has 23 heavy (non-hydrogen) atoms. The fraction of sp³-hybridized carbons (Fsp3) is 0.389. The highest BCUT2D eigenvalue weighted by Gasteiger charge is 2.49. The monoisotopic (exact) mass is 309 g/mol. The molecule has 2 aliphatic rings. The van der Waals surface area contributed by atoms with Gasteiger partial charge in [0.1, 0.15) is 0 Å². The van der Waals surface area contributed by atoms with E-state index in [2.05, 4.69) is 5.10 Å². The average Bonchev–Trinajstić information content (AvgIpc) is 3.12. The van der Waals surface area contributed by atoms with Crippen molar-refractivity contribution in [3.05, 3.63) is 48.3 Å². The minimum absolute atomic E-state index is 0.0426. The predicted octanol–water partition coefficient (Wildman–Crippen LogP) is 2.61. The van der Waals surface area contributed by atoms with E-state index in [-0.39, 0.29) is 23.7 Å². The number of aromatic nitrogens is 2. The van der Waals surface area contributed by atoms with Gasteiger partial charge in [-0.2, -0.15) is 5.10 Å². The van der Waals surface area contributed by atoms with Crippen LogP contribution in [0.25, 0.3) is 0 Å². The van der Waals surface area contributed by atoms with Crippen LogP contribution in [0.15, 0.2) is 42.7 Å². The third-order valence-corrected chi connectivity index (χ3v) is 4.91. The van der Waals surface area contributed by atoms with Crippen molar-refractivity contribution < 1.29 is 9.59 Å². The second kappa shape index (κ2) is 5.65. The Kier molecular flexibility index (Phi) is 3.48. The lowest BCUT2D eigenvalue weighted by atomic mass is 9.81. The van der Waals surface area contributed by atoms with Gasteiger partial charge in [-0.3, -0.25) is 14.3 Å². The van der Waals surface area contributed by atoms with Crippen molar-refractivity contribution in [2.75, 3.05) is 4.90 Å². The van der Waals surface area contributed by atoms with Crippen LogP contribution in [0.2, 0.25) is 0 Å². The summed E-state index contributed by atoms with van der Waals surface area (Å²) in [6.07, 6.45) is 7.17. The molecule has 0 radical (unpaired) electrons. The third-order valence-electron chi connectivity index (χ3n) is 4.91. The van der Waals surface area contributed by atoms with Crippen LogP contribution >= 0.6 is 0 Å². The lowest BCUT2D eigenvalue weighted by Gasteiger charge is -2.19. The van der Waals surface area contributed by atoms with Crippen LogP contribution < -0.4 is 4.90 Å². The minimum Gasteiger partial charge on any atom is -0.274 e. The molecule has 2 amide bonds. The Labute approximate surface area is 134 Å². The van der Waals surface area contributed by atoms with Crippen molar-refractivity contribution in [1.82, 2.24) is 9.78 Å². The molecule has 0 N–H and O–H groups in total. The summed E-state index contributed by atoms with van der Waals surface area (Å²) in [5.41, 5.74) is 1.74. The topological polar surface area (TPSA) is 55.2 Å². The SMILES string of the molecule is O=C1[C@H]2CCCC[C@H]2C(=O)N1c1cnn(Cc2ccccc2)c1. The number of fused-ring (bicyclic) bond motifs is 1. The van der Waals surface area contributed by atoms with Gasteiger partial charge in [0, 0.05) is 6.20 Å². The second-order valence-corrected chi connectivity index (χ2v) is 6.39. The van der Waals surface area contributed by atoms with Gasteiger partial charge in [-0.05, 0) is 18.4 Å². The summed E-state index contributed by atoms with van der Waals surface area (Å²) in [7, 11) is 0. The molecule has 1 saturated carbocycles. The smallest absolute Gasteiger partial charge is 0.237 e. The van der Waals surface area contributed by atoms with Crippen molar-refractivity contribution in [2.24, 2.45) is 11.8 Å². The number of imide groups is 1. The molecule has 1 aromatic carbocycles. The molecular formula is C18H19N3O2. The molecule has 1 aliphatic heterocycles. The predicted molar refractivity (Wildman–Crippen MR) is 85.7 cm³/mol. The standard InChI is InChI=1S/C18H19N3O2/c22-17-15-8-4-5-9-16(15)18(23)21(17)14-10-19-20(12-14)11-13-6-2-1-3-7-13/h1-3,6-7,10,12,15-16H,4-5,8-9,11H2/t15-,16+. The Balaban J connectivity index is 1.57. The molecule has 1 aromatic heterocycles. The van der Waals surface area contributed by atoms with Gasteiger partial charge in [-0.1, -0.05) is 43.2 Å². The van der Waals surface area contributed by atoms with Crippen LogP contribution in [0.5, 0.6) is 0 Å². The number of hydrogen-bond donors (Lipinski definition) is 0. The molecule has 5 nitrogen and oxygen atoms in total. The minimum atomic E-state index is -0.117. The van der Waals surface area contributed by atoms with Crippen LogP contribution in [-0.2, 0) is 16.1 Å². The summed E-state index contributed by atoms with van der Waals surface area (Å²) in [5, 5.41) is 4.31. The molecule has 0 bridgehead atoms. The Bertz CT molecular complexity index is 714. The van der Waals surface area contributed by atoms with Gasteiger partial charge >= 0.3 is 0 Å². The Morgan fingerprint density at radius 3 is 2.30 bits per heavy atom. The van der Waals surface area contributed by atoms with Gasteiger partial charge in [0.2, 0.25) is 11.8 Å². The molecule has 2 heterocycles. The first-order valence-electron chi connectivity index (χ1n) is 8.18. The van der Waals surface area contributed by atoms with Gasteiger partial charge in [-0.15, -0.1) is 0 Å². The Morgan fingerprint density at radius 2 is 1.65 bits per heavy atom. The number of rotatable bonds is 3. The third kappa shape index (κ3) is 2.46. The van der Waals surface area contributed by atoms with Gasteiger partial charge in [-0.25, -0.2) is 4.90 Å². The fourth-order valence-electron chi connectivity index (χ4n) is 3.74. The van der Waals surface area contributed by atoms with Gasteiger partial charge in [0.05, 0.1) is 30.3 Å². The van der Waals surface area contributed by atoms with Crippen molar-refractivity contribution in [3.8, 4) is 0 Å². The number of benzene rings is 1. The maximum absolute atomic E-state index is 12.6. The highest BCUT2D eigenvalue weighted by Crippen LogP contribution is 2.39. The first-order valence-corrected chi connectivity index (χ1v) is 8.18. The number of nitrogens with zero attached hydrogens (tertiary/aromatic N) is 3. The van der Waals surface area contributed by atoms with Crippen LogP contribution in [-0.4, -0.2) is 21.6 Å². The molecule has 4 rings (SSSR count). The van der Waals surface area contributed by atoms with Crippen LogP contribution in [0, 0.1) is 11.8 Å². The number of amides is 2. The number of hydrogen-bond acceptors (Lipinski definition) is 3. The molecule has 2 fully saturated rings. The summed E-state index contributed by atoms with van der Waals surface area (Å²) in [5.74, 6) is -0.319. The average molecular weight is 309 g/mol. The quantitative estimate of drug-likeness (QED) is 0.819. The van der Waals surface area contributed by atoms with E-state index in [4.69, 9.17) is 0 Å². The van der Waals surface area contributed by atoms with Crippen molar-refractivity contribution >= 4 is 17.5 Å². The van der Waals surface area contributed by atoms with Gasteiger partial charge in [0.15, 0.2) is 0 Å². The van der Waals surface area contributed by atoms with E-state index in [0.29, 0.717) is 12.2 Å². The molecule has 1 saturated heterocycles. The molecule has 1 aliphatic carbocycles. The first kappa shape index (κ1) is 14.2. The molecule has 5 heteroatoms. The summed E-state index contributed by atoms with van der Waals surface area (Å²) < 4.78 is 1.77. The number of carbonyl (C=O) groups excluding carboxylic acids is 2. The van der Waals surface area contributed by atoms with Crippen molar-refractivity contribution in [3.63, 3.8) is 0 Å². The zero-order chi connectivity index (χ0) is 15.8. The molecule has 2 aromatic rings. The van der Waals surface area contributed by atoms with E-state index in [0.717, 1.165) is 31.2 Å². The largest absolute Gasteiger partial charge is 0.274 e. The van der Waals surface area contributed by atoms with Gasteiger partial charge < -0.3 is 0 Å². The van der Waals surface area contributed by atoms with E-state index < -0.39 is 0 Å². The maximum atomic E-state index is 12.6. The molecular weight excluding hydrogens is 290 g/mol. The normalized spacial score (nSPS) is 24.1. The summed E-state index contributed by atoms with van der Waals surface area (Å²) >= 11 is 0. The van der Waals surface area contributed by atoms with Crippen LogP contribution in [0.4, 0.5) is 5.69 Å². The lowest BCUT2D eigenvalue weighted by Crippen LogP contribution is -2.30. The fourth-order valence-corrected chi connectivity index (χ4v) is 3.74. The Hall–Kier alpha value is -2.43. The zero-order valence-corrected chi connectivity index (χ0v) is 12.9. The zero-order valence-electron chi connectivity index (χ0n) is 12.9. The second-order valence-electron chi connectivity index (χ2n) is 6.39. The highest BCUT2D eigenvalue weighted by atomic mass is 16.2. The molecule has 118 valence electrons. The first-order chi connectivity index (χ1) is 11.2. The molecule has 0 unspecified atom stereocenters. The summed E-state index contributed by atoms with van der Waals surface area (Å²) in [6.45, 7) is 0.629. The van der Waals surface area contributed by atoms with Crippen molar-refractivity contribution in [1.29, 1.82) is 0 Å². The number of anilines is 1. The highest BCUT2D eigenvalue weighted by molar-refractivity contribution is 6.21. The molecule has 2 atom stereocenters. The summed E-state index contributed by atoms with van der Waals surface area (Å²) in [4.78, 5) is 26.5. The molecule has 0 spiro atoms. The van der Waals surface area contributed by atoms with E-state index in [1.807, 2.05) is 30.3 Å². The van der Waals surface area contributed by atoms with Crippen molar-refractivity contribution in [2.45, 2.75) is 32.2 Å². The van der Waals surface area contributed by atoms with Gasteiger partial charge in [0.25, 0.3) is 0 Å². The van der Waals surface area contributed by atoms with Crippen LogP contribution in [0.1, 0.15) is 31.2 Å². The summed E-state index contributed by atoms with van der Waals surface area (Å²) in [6, 6.07) is 10.0. The lowest BCUT2D eigenvalue weighted by molar-refractivity contribution is -0.122. The van der Waals surface area contributed by atoms with Crippen LogP contribution in [0.3, 0.4) is 0 Å². The Morgan fingerprint density at radius 1 is 1.00 bits per heavy atom. The van der Waals surface area contributed by atoms with E-state index in [9.17, 15) is 9.59 Å².